The molecule has 4 nitrogen and oxygen atoms in total. The molecule has 4 rings (SSSR count). The van der Waals surface area contributed by atoms with Crippen LogP contribution < -0.4 is 0 Å². The van der Waals surface area contributed by atoms with E-state index in [2.05, 4.69) is 0 Å². The quantitative estimate of drug-likeness (QED) is 0.797. The average Bonchev–Trinajstić information content (AvgIpc) is 3.26. The van der Waals surface area contributed by atoms with Crippen molar-refractivity contribution in [3.05, 3.63) is 46.7 Å². The predicted octanol–water partition coefficient (Wildman–Crippen LogP) is 3.44. The fourth-order valence-electron chi connectivity index (χ4n) is 3.58. The molecule has 2 aliphatic heterocycles. The van der Waals surface area contributed by atoms with E-state index >= 15 is 0 Å². The van der Waals surface area contributed by atoms with Crippen LogP contribution in [0, 0.1) is 0 Å². The highest BCUT2D eigenvalue weighted by Gasteiger charge is 2.52. The van der Waals surface area contributed by atoms with Crippen LogP contribution in [0.5, 0.6) is 0 Å². The highest BCUT2D eigenvalue weighted by atomic mass is 32.1. The molecule has 3 heterocycles. The summed E-state index contributed by atoms with van der Waals surface area (Å²) in [5.41, 5.74) is -0.513. The number of carbonyl (C=O) groups excluding carboxylic acids is 2. The van der Waals surface area contributed by atoms with Gasteiger partial charge in [0.1, 0.15) is 5.60 Å². The maximum absolute atomic E-state index is 12.2. The molecule has 120 valence electrons. The Labute approximate surface area is 138 Å². The van der Waals surface area contributed by atoms with Crippen LogP contribution in [0.15, 0.2) is 41.8 Å². The molecule has 2 fully saturated rings. The number of hydrogen-bond donors (Lipinski definition) is 0. The number of hydrogen-bond acceptors (Lipinski definition) is 5. The van der Waals surface area contributed by atoms with Gasteiger partial charge in [-0.25, -0.2) is 0 Å². The molecule has 2 atom stereocenters. The summed E-state index contributed by atoms with van der Waals surface area (Å²) in [6.45, 7) is 0. The number of ketones is 2. The fraction of sp³-hybridized carbons (Fsp3) is 0.444. The second-order valence-corrected chi connectivity index (χ2v) is 7.37. The topological polar surface area (TPSA) is 52.6 Å². The van der Waals surface area contributed by atoms with E-state index in [-0.39, 0.29) is 17.7 Å². The summed E-state index contributed by atoms with van der Waals surface area (Å²) in [6, 6.07) is 3.75. The van der Waals surface area contributed by atoms with E-state index in [1.54, 1.807) is 12.2 Å². The van der Waals surface area contributed by atoms with E-state index in [4.69, 9.17) is 9.47 Å². The van der Waals surface area contributed by atoms with Gasteiger partial charge in [0.15, 0.2) is 17.4 Å². The molecular formula is C18H18O4S. The maximum atomic E-state index is 12.2. The van der Waals surface area contributed by atoms with Crippen molar-refractivity contribution in [2.45, 2.75) is 49.6 Å². The minimum Gasteiger partial charge on any atom is -0.346 e. The summed E-state index contributed by atoms with van der Waals surface area (Å²) in [7, 11) is 0. The van der Waals surface area contributed by atoms with E-state index in [9.17, 15) is 9.59 Å². The van der Waals surface area contributed by atoms with Gasteiger partial charge < -0.3 is 9.47 Å². The number of rotatable bonds is 3. The molecule has 0 amide bonds. The van der Waals surface area contributed by atoms with Crippen LogP contribution in [0.4, 0.5) is 0 Å². The van der Waals surface area contributed by atoms with Gasteiger partial charge in [0, 0.05) is 19.3 Å². The number of Topliss-reactive ketones (excluding diaryl/α,β-unsaturated/α-hetero) is 1. The van der Waals surface area contributed by atoms with Crippen molar-refractivity contribution in [3.63, 3.8) is 0 Å². The van der Waals surface area contributed by atoms with Gasteiger partial charge in [0.2, 0.25) is 0 Å². The molecule has 0 aromatic carbocycles. The number of carbonyl (C=O) groups is 2. The molecule has 0 bridgehead atoms. The largest absolute Gasteiger partial charge is 0.346 e. The van der Waals surface area contributed by atoms with Gasteiger partial charge in [-0.3, -0.25) is 9.59 Å². The minimum absolute atomic E-state index is 0.00747. The van der Waals surface area contributed by atoms with Gasteiger partial charge in [-0.1, -0.05) is 6.07 Å². The van der Waals surface area contributed by atoms with Crippen LogP contribution in [0.3, 0.4) is 0 Å². The summed E-state index contributed by atoms with van der Waals surface area (Å²) < 4.78 is 12.4. The standard InChI is InChI=1S/C18H18O4S/c19-13-3-6-17(7-4-13)9-10-18(22-17)8-5-14(21-18)12-15(20)16-2-1-11-23-16/h1-4,6-7,11,14H,5,8-10,12H2/t14-,18-/m0/s1. The minimum atomic E-state index is -0.602. The zero-order valence-corrected chi connectivity index (χ0v) is 13.5. The fourth-order valence-corrected chi connectivity index (χ4v) is 4.25. The number of ether oxygens (including phenoxy) is 2. The molecule has 0 saturated carbocycles. The molecule has 0 N–H and O–H groups in total. The first-order valence-corrected chi connectivity index (χ1v) is 8.83. The SMILES string of the molecule is O=C1C=CC2(C=C1)CC[C@]1(CC[C@@H](CC(=O)c3cccs3)O1)O2. The zero-order chi connectivity index (χ0) is 15.9. The predicted molar refractivity (Wildman–Crippen MR) is 86.4 cm³/mol. The van der Waals surface area contributed by atoms with E-state index in [0.717, 1.165) is 30.6 Å². The lowest BCUT2D eigenvalue weighted by Crippen LogP contribution is -2.34. The molecule has 2 spiro atoms. The van der Waals surface area contributed by atoms with Crippen LogP contribution in [0.2, 0.25) is 0 Å². The summed E-state index contributed by atoms with van der Waals surface area (Å²) in [4.78, 5) is 24.3. The van der Waals surface area contributed by atoms with Crippen LogP contribution in [-0.2, 0) is 14.3 Å². The third-order valence-corrected chi connectivity index (χ3v) is 5.68. The Morgan fingerprint density at radius 1 is 1.26 bits per heavy atom. The van der Waals surface area contributed by atoms with Gasteiger partial charge >= 0.3 is 0 Å². The summed E-state index contributed by atoms with van der Waals surface area (Å²) in [5, 5.41) is 1.91. The molecule has 0 radical (unpaired) electrons. The molecular weight excluding hydrogens is 312 g/mol. The Kier molecular flexibility index (Phi) is 3.59. The van der Waals surface area contributed by atoms with Crippen molar-refractivity contribution in [3.8, 4) is 0 Å². The maximum Gasteiger partial charge on any atom is 0.178 e. The van der Waals surface area contributed by atoms with E-state index in [0.29, 0.717) is 6.42 Å². The molecule has 23 heavy (non-hydrogen) atoms. The first-order chi connectivity index (χ1) is 11.1. The molecule has 5 heteroatoms. The third-order valence-electron chi connectivity index (χ3n) is 4.77. The second-order valence-electron chi connectivity index (χ2n) is 6.42. The number of thiophene rings is 1. The summed E-state index contributed by atoms with van der Waals surface area (Å²) in [5.74, 6) is -0.472. The Bertz CT molecular complexity index is 672. The molecule has 1 aliphatic carbocycles. The summed E-state index contributed by atoms with van der Waals surface area (Å²) >= 11 is 1.47. The van der Waals surface area contributed by atoms with Crippen molar-refractivity contribution < 1.29 is 19.1 Å². The van der Waals surface area contributed by atoms with Gasteiger partial charge in [-0.05, 0) is 48.6 Å². The molecule has 1 aromatic heterocycles. The first-order valence-electron chi connectivity index (χ1n) is 7.95. The van der Waals surface area contributed by atoms with Gasteiger partial charge in [-0.2, -0.15) is 0 Å². The highest BCUT2D eigenvalue weighted by Crippen LogP contribution is 2.48. The monoisotopic (exact) mass is 330 g/mol. The number of allylic oxidation sites excluding steroid dienone is 2. The van der Waals surface area contributed by atoms with Crippen LogP contribution >= 0.6 is 11.3 Å². The lowest BCUT2D eigenvalue weighted by atomic mass is 9.94. The van der Waals surface area contributed by atoms with Gasteiger partial charge in [0.25, 0.3) is 0 Å². The van der Waals surface area contributed by atoms with Crippen molar-refractivity contribution in [1.29, 1.82) is 0 Å². The normalized spacial score (nSPS) is 31.5. The first kappa shape index (κ1) is 15.0. The van der Waals surface area contributed by atoms with Crippen molar-refractivity contribution in [2.75, 3.05) is 0 Å². The average molecular weight is 330 g/mol. The molecule has 3 aliphatic rings. The molecule has 0 unspecified atom stereocenters. The van der Waals surface area contributed by atoms with Crippen LogP contribution in [0.1, 0.15) is 41.8 Å². The van der Waals surface area contributed by atoms with Gasteiger partial charge in [0.05, 0.1) is 11.0 Å². The lowest BCUT2D eigenvalue weighted by Gasteiger charge is -2.29. The Hall–Kier alpha value is -1.56. The smallest absolute Gasteiger partial charge is 0.178 e. The molecule has 1 aromatic rings. The lowest BCUT2D eigenvalue weighted by molar-refractivity contribution is -0.222. The van der Waals surface area contributed by atoms with Crippen molar-refractivity contribution >= 4 is 22.9 Å². The highest BCUT2D eigenvalue weighted by molar-refractivity contribution is 7.12. The Morgan fingerprint density at radius 3 is 2.83 bits per heavy atom. The third kappa shape index (κ3) is 2.84. The summed E-state index contributed by atoms with van der Waals surface area (Å²) in [6.07, 6.45) is 10.3. The molecule has 2 saturated heterocycles. The van der Waals surface area contributed by atoms with E-state index in [1.807, 2.05) is 29.7 Å². The second kappa shape index (κ2) is 5.51. The Balaban J connectivity index is 1.41. The zero-order valence-electron chi connectivity index (χ0n) is 12.7. The van der Waals surface area contributed by atoms with Crippen LogP contribution in [0.25, 0.3) is 0 Å². The van der Waals surface area contributed by atoms with E-state index < -0.39 is 11.4 Å². The van der Waals surface area contributed by atoms with Crippen molar-refractivity contribution in [1.82, 2.24) is 0 Å². The van der Waals surface area contributed by atoms with Crippen molar-refractivity contribution in [2.24, 2.45) is 0 Å². The van der Waals surface area contributed by atoms with E-state index in [1.165, 1.54) is 11.3 Å². The van der Waals surface area contributed by atoms with Gasteiger partial charge in [-0.15, -0.1) is 11.3 Å². The Morgan fingerprint density at radius 2 is 2.09 bits per heavy atom. The van der Waals surface area contributed by atoms with Crippen LogP contribution in [-0.4, -0.2) is 29.1 Å².